The van der Waals surface area contributed by atoms with Crippen molar-refractivity contribution >= 4 is 38.4 Å². The van der Waals surface area contributed by atoms with Crippen LogP contribution in [-0.4, -0.2) is 9.97 Å². The Balaban J connectivity index is 2.83. The third-order valence-electron chi connectivity index (χ3n) is 1.31. The molecule has 0 unspecified atom stereocenters. The van der Waals surface area contributed by atoms with Crippen molar-refractivity contribution in [3.05, 3.63) is 17.0 Å². The highest BCUT2D eigenvalue weighted by atomic mass is 35.5. The molecule has 2 aromatic heterocycles. The lowest BCUT2D eigenvalue weighted by molar-refractivity contribution is 0.589. The van der Waals surface area contributed by atoms with Crippen LogP contribution in [0.1, 0.15) is 0 Å². The lowest BCUT2D eigenvalue weighted by Gasteiger charge is -1.90. The Hall–Kier alpha value is -0.940. The van der Waals surface area contributed by atoms with Gasteiger partial charge in [-0.25, -0.2) is 4.98 Å². The van der Waals surface area contributed by atoms with E-state index in [0.29, 0.717) is 15.5 Å². The molecule has 6 heteroatoms. The number of thiazole rings is 1. The first-order chi connectivity index (χ1) is 5.66. The van der Waals surface area contributed by atoms with Crippen LogP contribution in [0.15, 0.2) is 6.07 Å². The minimum absolute atomic E-state index is 0.00819. The smallest absolute Gasteiger partial charge is 0.233 e. The molecule has 0 aliphatic rings. The van der Waals surface area contributed by atoms with Gasteiger partial charge in [-0.1, -0.05) is 22.9 Å². The number of nitrogen functional groups attached to an aromatic ring is 1. The van der Waals surface area contributed by atoms with Gasteiger partial charge in [-0.05, 0) is 6.07 Å². The monoisotopic (exact) mass is 203 g/mol. The van der Waals surface area contributed by atoms with E-state index in [4.69, 9.17) is 17.3 Å². The van der Waals surface area contributed by atoms with Gasteiger partial charge in [0.15, 0.2) is 10.8 Å². The van der Waals surface area contributed by atoms with Crippen molar-refractivity contribution in [1.29, 1.82) is 0 Å². The van der Waals surface area contributed by atoms with Crippen LogP contribution in [-0.2, 0) is 0 Å². The summed E-state index contributed by atoms with van der Waals surface area (Å²) >= 11 is 6.73. The molecule has 2 aromatic rings. The third kappa shape index (κ3) is 1.11. The average molecular weight is 204 g/mol. The molecule has 3 nitrogen and oxygen atoms in total. The number of hydrogen-bond acceptors (Lipinski definition) is 4. The predicted molar refractivity (Wildman–Crippen MR) is 46.8 cm³/mol. The van der Waals surface area contributed by atoms with Gasteiger partial charge < -0.3 is 5.73 Å². The molecular weight excluding hydrogens is 201 g/mol. The normalized spacial score (nSPS) is 10.8. The van der Waals surface area contributed by atoms with Crippen molar-refractivity contribution in [3.63, 3.8) is 0 Å². The summed E-state index contributed by atoms with van der Waals surface area (Å²) in [6.07, 6.45) is 0. The van der Waals surface area contributed by atoms with Crippen LogP contribution in [0.5, 0.6) is 0 Å². The van der Waals surface area contributed by atoms with Gasteiger partial charge in [-0.2, -0.15) is 9.37 Å². The average Bonchev–Trinajstić information content (AvgIpc) is 2.30. The molecule has 0 bridgehead atoms. The van der Waals surface area contributed by atoms with E-state index in [-0.39, 0.29) is 5.02 Å². The zero-order valence-electron chi connectivity index (χ0n) is 5.71. The Morgan fingerprint density at radius 2 is 2.25 bits per heavy atom. The molecule has 2 N–H and O–H groups in total. The molecule has 62 valence electrons. The molecule has 2 rings (SSSR count). The summed E-state index contributed by atoms with van der Waals surface area (Å²) in [6, 6.07) is 1.47. The lowest BCUT2D eigenvalue weighted by Crippen LogP contribution is -1.85. The van der Waals surface area contributed by atoms with Crippen molar-refractivity contribution in [2.24, 2.45) is 0 Å². The van der Waals surface area contributed by atoms with Crippen LogP contribution in [0.25, 0.3) is 10.3 Å². The molecular formula is C6H3ClFN3S. The van der Waals surface area contributed by atoms with Crippen LogP contribution in [0.2, 0.25) is 5.02 Å². The summed E-state index contributed by atoms with van der Waals surface area (Å²) in [6.45, 7) is 0. The van der Waals surface area contributed by atoms with E-state index < -0.39 is 5.95 Å². The van der Waals surface area contributed by atoms with Crippen LogP contribution in [0.3, 0.4) is 0 Å². The first kappa shape index (κ1) is 7.70. The molecule has 12 heavy (non-hydrogen) atoms. The van der Waals surface area contributed by atoms with Crippen LogP contribution in [0.4, 0.5) is 9.52 Å². The molecule has 0 spiro atoms. The first-order valence-electron chi connectivity index (χ1n) is 3.05. The number of hydrogen-bond donors (Lipinski definition) is 1. The predicted octanol–water partition coefficient (Wildman–Crippen LogP) is 2.07. The standard InChI is InChI=1S/C6H3ClFN3S/c7-2-1-3-5(10-4(2)8)11-6(9)12-3/h1H,(H2,9,10,11). The van der Waals surface area contributed by atoms with Gasteiger partial charge in [0.25, 0.3) is 0 Å². The number of nitrogens with two attached hydrogens (primary N) is 1. The molecule has 0 saturated carbocycles. The fourth-order valence-corrected chi connectivity index (χ4v) is 1.77. The van der Waals surface area contributed by atoms with E-state index >= 15 is 0 Å². The van der Waals surface area contributed by atoms with Crippen molar-refractivity contribution in [2.75, 3.05) is 5.73 Å². The van der Waals surface area contributed by atoms with E-state index in [0.717, 1.165) is 0 Å². The molecule has 2 heterocycles. The largest absolute Gasteiger partial charge is 0.375 e. The molecule has 0 radical (unpaired) electrons. The number of anilines is 1. The van der Waals surface area contributed by atoms with Gasteiger partial charge >= 0.3 is 0 Å². The van der Waals surface area contributed by atoms with Crippen molar-refractivity contribution in [1.82, 2.24) is 9.97 Å². The summed E-state index contributed by atoms with van der Waals surface area (Å²) in [4.78, 5) is 7.32. The van der Waals surface area contributed by atoms with Gasteiger partial charge in [0.2, 0.25) is 5.95 Å². The highest BCUT2D eigenvalue weighted by Gasteiger charge is 2.07. The summed E-state index contributed by atoms with van der Waals surface area (Å²) in [5, 5.41) is 0.352. The molecule has 0 aliphatic heterocycles. The molecule has 0 amide bonds. The summed E-state index contributed by atoms with van der Waals surface area (Å²) in [5.74, 6) is -0.713. The zero-order chi connectivity index (χ0) is 8.72. The maximum Gasteiger partial charge on any atom is 0.233 e. The van der Waals surface area contributed by atoms with Crippen molar-refractivity contribution in [3.8, 4) is 0 Å². The molecule has 0 saturated heterocycles. The van der Waals surface area contributed by atoms with E-state index in [1.807, 2.05) is 0 Å². The Morgan fingerprint density at radius 1 is 1.50 bits per heavy atom. The second-order valence-corrected chi connectivity index (χ2v) is 3.60. The van der Waals surface area contributed by atoms with Crippen LogP contribution >= 0.6 is 22.9 Å². The summed E-state index contributed by atoms with van der Waals surface area (Å²) < 4.78 is 13.4. The van der Waals surface area contributed by atoms with Crippen molar-refractivity contribution in [2.45, 2.75) is 0 Å². The topological polar surface area (TPSA) is 51.8 Å². The maximum atomic E-state index is 12.7. The molecule has 0 aliphatic carbocycles. The SMILES string of the molecule is Nc1nc2nc(F)c(Cl)cc2s1. The Kier molecular flexibility index (Phi) is 1.62. The highest BCUT2D eigenvalue weighted by Crippen LogP contribution is 2.25. The van der Waals surface area contributed by atoms with Gasteiger partial charge in [0.05, 0.1) is 9.72 Å². The van der Waals surface area contributed by atoms with E-state index in [2.05, 4.69) is 9.97 Å². The number of pyridine rings is 1. The van der Waals surface area contributed by atoms with E-state index in [1.54, 1.807) is 0 Å². The fourth-order valence-electron chi connectivity index (χ4n) is 0.836. The van der Waals surface area contributed by atoms with E-state index in [9.17, 15) is 4.39 Å². The molecule has 0 aromatic carbocycles. The highest BCUT2D eigenvalue weighted by molar-refractivity contribution is 7.22. The summed E-state index contributed by atoms with van der Waals surface area (Å²) in [7, 11) is 0. The lowest BCUT2D eigenvalue weighted by atomic mass is 10.5. The van der Waals surface area contributed by atoms with Gasteiger partial charge in [-0.15, -0.1) is 0 Å². The minimum Gasteiger partial charge on any atom is -0.375 e. The van der Waals surface area contributed by atoms with Gasteiger partial charge in [0, 0.05) is 0 Å². The minimum atomic E-state index is -0.713. The second-order valence-electron chi connectivity index (χ2n) is 2.13. The Morgan fingerprint density at radius 3 is 3.00 bits per heavy atom. The summed E-state index contributed by atoms with van der Waals surface area (Å²) in [5.41, 5.74) is 5.70. The number of fused-ring (bicyclic) bond motifs is 1. The fraction of sp³-hybridized carbons (Fsp3) is 0. The number of rotatable bonds is 0. The third-order valence-corrected chi connectivity index (χ3v) is 2.40. The van der Waals surface area contributed by atoms with Crippen molar-refractivity contribution < 1.29 is 4.39 Å². The first-order valence-corrected chi connectivity index (χ1v) is 4.24. The maximum absolute atomic E-state index is 12.7. The number of halogens is 2. The Labute approximate surface area is 76.0 Å². The number of nitrogens with zero attached hydrogens (tertiary/aromatic N) is 2. The Bertz CT molecular complexity index is 403. The second kappa shape index (κ2) is 2.53. The quantitative estimate of drug-likeness (QED) is 0.667. The molecule has 0 atom stereocenters. The molecule has 0 fully saturated rings. The van der Waals surface area contributed by atoms with Gasteiger partial charge in [0.1, 0.15) is 0 Å². The number of aromatic nitrogens is 2. The van der Waals surface area contributed by atoms with Crippen LogP contribution < -0.4 is 5.73 Å². The van der Waals surface area contributed by atoms with Gasteiger partial charge in [-0.3, -0.25) is 0 Å². The van der Waals surface area contributed by atoms with E-state index in [1.165, 1.54) is 17.4 Å². The van der Waals surface area contributed by atoms with Crippen LogP contribution in [0, 0.1) is 5.95 Å². The zero-order valence-corrected chi connectivity index (χ0v) is 7.29.